The van der Waals surface area contributed by atoms with Crippen LogP contribution < -0.4 is 16.0 Å². The van der Waals surface area contributed by atoms with E-state index >= 15 is 0 Å². The van der Waals surface area contributed by atoms with Crippen LogP contribution in [0.1, 0.15) is 24.3 Å². The highest BCUT2D eigenvalue weighted by atomic mass is 16.5. The minimum atomic E-state index is -0.640. The van der Waals surface area contributed by atoms with Crippen molar-refractivity contribution in [3.8, 4) is 17.0 Å². The lowest BCUT2D eigenvalue weighted by Gasteiger charge is -2.15. The molecule has 10 nitrogen and oxygen atoms in total. The maximum Gasteiger partial charge on any atom is 0.330 e. The number of hydrogen-bond acceptors (Lipinski definition) is 7. The number of aliphatic hydroxyl groups excluding tert-OH is 1. The van der Waals surface area contributed by atoms with Crippen molar-refractivity contribution < 1.29 is 14.6 Å². The van der Waals surface area contributed by atoms with Crippen LogP contribution in [-0.4, -0.2) is 49.5 Å². The molecule has 3 atom stereocenters. The van der Waals surface area contributed by atoms with E-state index in [9.17, 15) is 14.7 Å². The molecule has 2 aromatic carbocycles. The molecule has 1 aliphatic rings. The number of aromatic nitrogens is 5. The minimum Gasteiger partial charge on any atom is -0.497 e. The second-order valence-corrected chi connectivity index (χ2v) is 8.11. The summed E-state index contributed by atoms with van der Waals surface area (Å²) in [4.78, 5) is 26.2. The molecular weight excluding hydrogens is 426 g/mol. The molecule has 1 fully saturated rings. The summed E-state index contributed by atoms with van der Waals surface area (Å²) in [6, 6.07) is 11.5. The van der Waals surface area contributed by atoms with Gasteiger partial charge in [-0.2, -0.15) is 0 Å². The molecule has 170 valence electrons. The zero-order valence-electron chi connectivity index (χ0n) is 18.1. The molecule has 4 aromatic rings. The van der Waals surface area contributed by atoms with E-state index in [1.54, 1.807) is 18.7 Å². The van der Waals surface area contributed by atoms with Gasteiger partial charge in [0, 0.05) is 23.7 Å². The zero-order valence-corrected chi connectivity index (χ0v) is 18.1. The Labute approximate surface area is 188 Å². The Bertz CT molecular complexity index is 1440. The third-order valence-corrected chi connectivity index (χ3v) is 6.03. The van der Waals surface area contributed by atoms with E-state index in [0.29, 0.717) is 17.7 Å². The van der Waals surface area contributed by atoms with Crippen molar-refractivity contribution in [3.63, 3.8) is 0 Å². The highest BCUT2D eigenvalue weighted by Crippen LogP contribution is 2.36. The summed E-state index contributed by atoms with van der Waals surface area (Å²) >= 11 is 0. The van der Waals surface area contributed by atoms with E-state index in [1.165, 1.54) is 10.8 Å². The average molecular weight is 449 g/mol. The fraction of sp³-hybridized carbons (Fsp3) is 0.304. The Hall–Kier alpha value is -3.76. The number of rotatable bonds is 5. The molecular formula is C23H23N5O5. The third kappa shape index (κ3) is 3.83. The lowest BCUT2D eigenvalue weighted by Crippen LogP contribution is -2.33. The van der Waals surface area contributed by atoms with Gasteiger partial charge in [0.25, 0.3) is 5.56 Å². The SMILES string of the molecule is COc1ccc2cc(-c3cn([C@H]4C[C@H](n5cc(C)c(=O)[nH]c5=O)O[C@@H]4CO)nn3)ccc2c1. The summed E-state index contributed by atoms with van der Waals surface area (Å²) in [5.41, 5.74) is 1.01. The predicted octanol–water partition coefficient (Wildman–Crippen LogP) is 1.79. The van der Waals surface area contributed by atoms with E-state index in [1.807, 2.05) is 42.6 Å². The zero-order chi connectivity index (χ0) is 23.1. The number of methoxy groups -OCH3 is 1. The molecule has 0 saturated carbocycles. The molecule has 0 bridgehead atoms. The van der Waals surface area contributed by atoms with Crippen LogP contribution >= 0.6 is 0 Å². The number of fused-ring (bicyclic) bond motifs is 1. The van der Waals surface area contributed by atoms with Gasteiger partial charge in [-0.3, -0.25) is 14.3 Å². The molecule has 1 aliphatic heterocycles. The number of benzene rings is 2. The molecule has 3 heterocycles. The van der Waals surface area contributed by atoms with E-state index in [4.69, 9.17) is 9.47 Å². The molecule has 33 heavy (non-hydrogen) atoms. The summed E-state index contributed by atoms with van der Waals surface area (Å²) in [6.45, 7) is 1.37. The monoisotopic (exact) mass is 449 g/mol. The largest absolute Gasteiger partial charge is 0.497 e. The van der Waals surface area contributed by atoms with Gasteiger partial charge in [0.05, 0.1) is 26.0 Å². The summed E-state index contributed by atoms with van der Waals surface area (Å²) in [5.74, 6) is 0.795. The molecule has 2 N–H and O–H groups in total. The van der Waals surface area contributed by atoms with Crippen LogP contribution in [0.4, 0.5) is 0 Å². The van der Waals surface area contributed by atoms with Gasteiger partial charge in [-0.25, -0.2) is 9.48 Å². The smallest absolute Gasteiger partial charge is 0.330 e. The molecule has 0 aliphatic carbocycles. The number of nitrogens with zero attached hydrogens (tertiary/aromatic N) is 4. The highest BCUT2D eigenvalue weighted by Gasteiger charge is 2.38. The molecule has 1 saturated heterocycles. The minimum absolute atomic E-state index is 0.245. The topological polar surface area (TPSA) is 124 Å². The molecule has 10 heteroatoms. The molecule has 5 rings (SSSR count). The van der Waals surface area contributed by atoms with Gasteiger partial charge in [0.2, 0.25) is 0 Å². The van der Waals surface area contributed by atoms with Crippen molar-refractivity contribution in [2.24, 2.45) is 0 Å². The van der Waals surface area contributed by atoms with Crippen LogP contribution in [0.2, 0.25) is 0 Å². The van der Waals surface area contributed by atoms with Crippen molar-refractivity contribution >= 4 is 10.8 Å². The highest BCUT2D eigenvalue weighted by molar-refractivity contribution is 5.87. The Morgan fingerprint density at radius 3 is 2.76 bits per heavy atom. The first kappa shape index (κ1) is 21.1. The molecule has 0 amide bonds. The van der Waals surface area contributed by atoms with Crippen LogP contribution in [0.25, 0.3) is 22.0 Å². The quantitative estimate of drug-likeness (QED) is 0.476. The normalized spacial score (nSPS) is 20.4. The molecule has 0 unspecified atom stereocenters. The average Bonchev–Trinajstić information content (AvgIpc) is 3.48. The first-order chi connectivity index (χ1) is 16.0. The van der Waals surface area contributed by atoms with Gasteiger partial charge in [-0.05, 0) is 35.9 Å². The second-order valence-electron chi connectivity index (χ2n) is 8.11. The number of H-pyrrole nitrogens is 1. The third-order valence-electron chi connectivity index (χ3n) is 6.03. The van der Waals surface area contributed by atoms with Crippen molar-refractivity contribution in [3.05, 3.63) is 75.2 Å². The van der Waals surface area contributed by atoms with Gasteiger partial charge in [-0.1, -0.05) is 23.4 Å². The van der Waals surface area contributed by atoms with Crippen LogP contribution in [0.15, 0.2) is 58.4 Å². The number of hydrogen-bond donors (Lipinski definition) is 2. The van der Waals surface area contributed by atoms with E-state index in [0.717, 1.165) is 22.1 Å². The summed E-state index contributed by atoms with van der Waals surface area (Å²) < 4.78 is 14.2. The maximum absolute atomic E-state index is 12.3. The van der Waals surface area contributed by atoms with Crippen molar-refractivity contribution in [2.45, 2.75) is 31.7 Å². The van der Waals surface area contributed by atoms with Crippen LogP contribution in [-0.2, 0) is 4.74 Å². The van der Waals surface area contributed by atoms with Crippen LogP contribution in [0.3, 0.4) is 0 Å². The number of aliphatic hydroxyl groups is 1. The van der Waals surface area contributed by atoms with E-state index < -0.39 is 23.6 Å². The second kappa shape index (κ2) is 8.30. The first-order valence-electron chi connectivity index (χ1n) is 10.5. The molecule has 0 spiro atoms. The predicted molar refractivity (Wildman–Crippen MR) is 120 cm³/mol. The summed E-state index contributed by atoms with van der Waals surface area (Å²) in [5, 5.41) is 20.6. The summed E-state index contributed by atoms with van der Waals surface area (Å²) in [7, 11) is 1.64. The Morgan fingerprint density at radius 2 is 1.97 bits per heavy atom. The van der Waals surface area contributed by atoms with Crippen molar-refractivity contribution in [1.29, 1.82) is 0 Å². The Balaban J connectivity index is 1.43. The van der Waals surface area contributed by atoms with Gasteiger partial charge in [0.1, 0.15) is 23.8 Å². The van der Waals surface area contributed by atoms with Gasteiger partial charge in [-0.15, -0.1) is 5.10 Å². The first-order valence-corrected chi connectivity index (χ1v) is 10.5. The number of ether oxygens (including phenoxy) is 2. The number of aryl methyl sites for hydroxylation is 1. The van der Waals surface area contributed by atoms with Crippen molar-refractivity contribution in [1.82, 2.24) is 24.5 Å². The standard InChI is InChI=1S/C23H23N5O5/c1-13-10-27(23(31)24-22(13)30)21-9-19(20(12-29)33-21)28-11-18(25-26-28)16-4-3-15-8-17(32-2)6-5-14(15)7-16/h3-8,10-11,19-21,29H,9,12H2,1-2H3,(H,24,30,31)/t19-,20+,21+/m0/s1. The lowest BCUT2D eigenvalue weighted by molar-refractivity contribution is -0.0323. The van der Waals surface area contributed by atoms with Crippen LogP contribution in [0.5, 0.6) is 5.75 Å². The van der Waals surface area contributed by atoms with Crippen LogP contribution in [0, 0.1) is 6.92 Å². The Morgan fingerprint density at radius 1 is 1.18 bits per heavy atom. The van der Waals surface area contributed by atoms with Crippen molar-refractivity contribution in [2.75, 3.05) is 13.7 Å². The lowest BCUT2D eigenvalue weighted by atomic mass is 10.1. The molecule has 2 aromatic heterocycles. The van der Waals surface area contributed by atoms with Gasteiger partial charge in [0.15, 0.2) is 0 Å². The fourth-order valence-electron chi connectivity index (χ4n) is 4.21. The maximum atomic E-state index is 12.3. The Kier molecular flexibility index (Phi) is 5.31. The van der Waals surface area contributed by atoms with E-state index in [-0.39, 0.29) is 12.6 Å². The number of nitrogens with one attached hydrogen (secondary N) is 1. The molecule has 0 radical (unpaired) electrons. The summed E-state index contributed by atoms with van der Waals surface area (Å²) in [6.07, 6.45) is 2.45. The van der Waals surface area contributed by atoms with Gasteiger partial charge >= 0.3 is 5.69 Å². The van der Waals surface area contributed by atoms with E-state index in [2.05, 4.69) is 15.3 Å². The van der Waals surface area contributed by atoms with Gasteiger partial charge < -0.3 is 14.6 Å². The number of aromatic amines is 1. The fourth-order valence-corrected chi connectivity index (χ4v) is 4.21.